The predicted octanol–water partition coefficient (Wildman–Crippen LogP) is 4.35. The van der Waals surface area contributed by atoms with Crippen molar-refractivity contribution in [3.8, 4) is 11.5 Å². The number of hydrogen-bond acceptors (Lipinski definition) is 7. The van der Waals surface area contributed by atoms with Gasteiger partial charge in [-0.25, -0.2) is 4.98 Å². The zero-order valence-corrected chi connectivity index (χ0v) is 17.6. The van der Waals surface area contributed by atoms with E-state index in [0.717, 1.165) is 36.5 Å². The van der Waals surface area contributed by atoms with Gasteiger partial charge in [-0.2, -0.15) is 4.98 Å². The molecule has 1 aromatic carbocycles. The van der Waals surface area contributed by atoms with E-state index < -0.39 is 0 Å². The lowest BCUT2D eigenvalue weighted by molar-refractivity contribution is -0.123. The maximum absolute atomic E-state index is 12.2. The fourth-order valence-corrected chi connectivity index (χ4v) is 3.87. The number of nitrogens with one attached hydrogen (secondary N) is 2. The van der Waals surface area contributed by atoms with E-state index in [1.54, 1.807) is 7.11 Å². The SMILES string of the molecule is CCC(=O)[C@@H]1CCC[C@@H]1COc1cc(Nc2nc(C)cc(NC)n2)ccc1OC. The number of hydrogen-bond donors (Lipinski definition) is 2. The van der Waals surface area contributed by atoms with Crippen molar-refractivity contribution in [2.75, 3.05) is 31.4 Å². The van der Waals surface area contributed by atoms with Crippen LogP contribution in [0.15, 0.2) is 24.3 Å². The summed E-state index contributed by atoms with van der Waals surface area (Å²) in [6, 6.07) is 7.52. The molecule has 1 aliphatic carbocycles. The van der Waals surface area contributed by atoms with E-state index in [-0.39, 0.29) is 11.8 Å². The molecular weight excluding hydrogens is 368 g/mol. The summed E-state index contributed by atoms with van der Waals surface area (Å²) in [5.74, 6) is 3.29. The average molecular weight is 399 g/mol. The van der Waals surface area contributed by atoms with Gasteiger partial charge >= 0.3 is 0 Å². The third-order valence-electron chi connectivity index (χ3n) is 5.40. The largest absolute Gasteiger partial charge is 0.493 e. The number of rotatable bonds is 9. The fourth-order valence-electron chi connectivity index (χ4n) is 3.87. The van der Waals surface area contributed by atoms with Crippen LogP contribution in [0, 0.1) is 18.8 Å². The zero-order chi connectivity index (χ0) is 20.8. The van der Waals surface area contributed by atoms with E-state index in [1.807, 2.05) is 45.2 Å². The van der Waals surface area contributed by atoms with Gasteiger partial charge in [0.15, 0.2) is 11.5 Å². The third-order valence-corrected chi connectivity index (χ3v) is 5.40. The smallest absolute Gasteiger partial charge is 0.229 e. The van der Waals surface area contributed by atoms with E-state index in [1.165, 1.54) is 0 Å². The number of nitrogens with zero attached hydrogens (tertiary/aromatic N) is 2. The highest BCUT2D eigenvalue weighted by molar-refractivity contribution is 5.81. The van der Waals surface area contributed by atoms with Gasteiger partial charge in [-0.15, -0.1) is 0 Å². The topological polar surface area (TPSA) is 85.4 Å². The van der Waals surface area contributed by atoms with Crippen molar-refractivity contribution in [3.63, 3.8) is 0 Å². The quantitative estimate of drug-likeness (QED) is 0.649. The van der Waals surface area contributed by atoms with Crippen LogP contribution in [-0.2, 0) is 4.79 Å². The van der Waals surface area contributed by atoms with Crippen LogP contribution < -0.4 is 20.1 Å². The monoisotopic (exact) mass is 398 g/mol. The van der Waals surface area contributed by atoms with Crippen LogP contribution in [0.4, 0.5) is 17.5 Å². The standard InChI is InChI=1S/C22H30N4O3/c1-5-18(27)17-8-6-7-15(17)13-29-20-12-16(9-10-19(20)28-4)25-22-24-14(2)11-21(23-3)26-22/h9-12,15,17H,5-8,13H2,1-4H3,(H2,23,24,25,26)/t15-,17-/m1/s1. The summed E-state index contributed by atoms with van der Waals surface area (Å²) in [5, 5.41) is 6.25. The number of carbonyl (C=O) groups excluding carboxylic acids is 1. The lowest BCUT2D eigenvalue weighted by Crippen LogP contribution is -2.23. The van der Waals surface area contributed by atoms with Crippen molar-refractivity contribution >= 4 is 23.2 Å². The van der Waals surface area contributed by atoms with Gasteiger partial charge in [-0.1, -0.05) is 13.3 Å². The summed E-state index contributed by atoms with van der Waals surface area (Å²) in [6.45, 7) is 4.37. The molecule has 29 heavy (non-hydrogen) atoms. The summed E-state index contributed by atoms with van der Waals surface area (Å²) in [4.78, 5) is 21.0. The summed E-state index contributed by atoms with van der Waals surface area (Å²) < 4.78 is 11.6. The predicted molar refractivity (Wildman–Crippen MR) is 114 cm³/mol. The Kier molecular flexibility index (Phi) is 6.90. The molecular formula is C22H30N4O3. The van der Waals surface area contributed by atoms with Crippen LogP contribution >= 0.6 is 0 Å². The van der Waals surface area contributed by atoms with Gasteiger partial charge in [0.05, 0.1) is 13.7 Å². The van der Waals surface area contributed by atoms with Gasteiger partial charge in [0.25, 0.3) is 0 Å². The van der Waals surface area contributed by atoms with E-state index >= 15 is 0 Å². The van der Waals surface area contributed by atoms with Gasteiger partial charge in [0, 0.05) is 48.8 Å². The van der Waals surface area contributed by atoms with Crippen molar-refractivity contribution in [3.05, 3.63) is 30.0 Å². The van der Waals surface area contributed by atoms with Crippen LogP contribution in [0.2, 0.25) is 0 Å². The number of ether oxygens (including phenoxy) is 2. The van der Waals surface area contributed by atoms with Crippen molar-refractivity contribution in [2.45, 2.75) is 39.5 Å². The molecule has 2 N–H and O–H groups in total. The molecule has 1 fully saturated rings. The second-order valence-electron chi connectivity index (χ2n) is 7.39. The Morgan fingerprint density at radius 2 is 2.03 bits per heavy atom. The van der Waals surface area contributed by atoms with Gasteiger partial charge < -0.3 is 20.1 Å². The first kappa shape index (κ1) is 20.9. The van der Waals surface area contributed by atoms with Gasteiger partial charge in [-0.3, -0.25) is 4.79 Å². The lowest BCUT2D eigenvalue weighted by atomic mass is 9.91. The van der Waals surface area contributed by atoms with Crippen LogP contribution in [0.3, 0.4) is 0 Å². The second kappa shape index (κ2) is 9.58. The number of ketones is 1. The number of aryl methyl sites for hydroxylation is 1. The fraction of sp³-hybridized carbons (Fsp3) is 0.500. The van der Waals surface area contributed by atoms with Crippen LogP contribution in [0.25, 0.3) is 0 Å². The average Bonchev–Trinajstić information content (AvgIpc) is 3.20. The Labute approximate surface area is 172 Å². The molecule has 0 spiro atoms. The Hall–Kier alpha value is -2.83. The Morgan fingerprint density at radius 1 is 1.21 bits per heavy atom. The van der Waals surface area contributed by atoms with Crippen molar-refractivity contribution in [1.82, 2.24) is 9.97 Å². The number of methoxy groups -OCH3 is 1. The first-order valence-electron chi connectivity index (χ1n) is 10.2. The number of anilines is 3. The molecule has 7 nitrogen and oxygen atoms in total. The van der Waals surface area contributed by atoms with E-state index in [4.69, 9.17) is 9.47 Å². The van der Waals surface area contributed by atoms with Gasteiger partial charge in [-0.05, 0) is 31.9 Å². The van der Waals surface area contributed by atoms with Crippen molar-refractivity contribution in [1.29, 1.82) is 0 Å². The van der Waals surface area contributed by atoms with Crippen molar-refractivity contribution in [2.24, 2.45) is 11.8 Å². The lowest BCUT2D eigenvalue weighted by Gasteiger charge is -2.20. The van der Waals surface area contributed by atoms with Crippen LogP contribution in [-0.4, -0.2) is 36.5 Å². The molecule has 1 aromatic heterocycles. The molecule has 7 heteroatoms. The minimum Gasteiger partial charge on any atom is -0.493 e. The molecule has 0 aliphatic heterocycles. The minimum absolute atomic E-state index is 0.118. The van der Waals surface area contributed by atoms with Crippen LogP contribution in [0.5, 0.6) is 11.5 Å². The van der Waals surface area contributed by atoms with Crippen LogP contribution in [0.1, 0.15) is 38.3 Å². The summed E-state index contributed by atoms with van der Waals surface area (Å²) in [6.07, 6.45) is 3.68. The van der Waals surface area contributed by atoms with E-state index in [2.05, 4.69) is 20.6 Å². The molecule has 2 atom stereocenters. The summed E-state index contributed by atoms with van der Waals surface area (Å²) in [7, 11) is 3.45. The highest BCUT2D eigenvalue weighted by atomic mass is 16.5. The maximum Gasteiger partial charge on any atom is 0.229 e. The molecule has 156 valence electrons. The molecule has 3 rings (SSSR count). The first-order chi connectivity index (χ1) is 14.0. The maximum atomic E-state index is 12.2. The van der Waals surface area contributed by atoms with E-state index in [0.29, 0.717) is 36.3 Å². The number of aromatic nitrogens is 2. The van der Waals surface area contributed by atoms with Crippen molar-refractivity contribution < 1.29 is 14.3 Å². The molecule has 0 saturated heterocycles. The molecule has 1 saturated carbocycles. The summed E-state index contributed by atoms with van der Waals surface area (Å²) >= 11 is 0. The molecule has 0 unspecified atom stereocenters. The molecule has 1 heterocycles. The number of Topliss-reactive ketones (excluding diaryl/α,β-unsaturated/α-hetero) is 1. The normalized spacial score (nSPS) is 18.3. The third kappa shape index (κ3) is 5.16. The first-order valence-corrected chi connectivity index (χ1v) is 10.2. The van der Waals surface area contributed by atoms with Gasteiger partial charge in [0.2, 0.25) is 5.95 Å². The molecule has 0 bridgehead atoms. The number of carbonyl (C=O) groups is 1. The molecule has 2 aromatic rings. The highest BCUT2D eigenvalue weighted by Crippen LogP contribution is 2.36. The molecule has 1 aliphatic rings. The molecule has 0 amide bonds. The Balaban J connectivity index is 1.73. The zero-order valence-electron chi connectivity index (χ0n) is 17.6. The summed E-state index contributed by atoms with van der Waals surface area (Å²) in [5.41, 5.74) is 1.67. The highest BCUT2D eigenvalue weighted by Gasteiger charge is 2.32. The Bertz CT molecular complexity index is 856. The van der Waals surface area contributed by atoms with E-state index in [9.17, 15) is 4.79 Å². The van der Waals surface area contributed by atoms with Gasteiger partial charge in [0.1, 0.15) is 11.6 Å². The second-order valence-corrected chi connectivity index (χ2v) is 7.39. The minimum atomic E-state index is 0.118. The Morgan fingerprint density at radius 3 is 2.76 bits per heavy atom. The molecule has 0 radical (unpaired) electrons. The number of benzene rings is 1.